The summed E-state index contributed by atoms with van der Waals surface area (Å²) in [5, 5.41) is 11.3. The lowest BCUT2D eigenvalue weighted by Gasteiger charge is -2.17. The fourth-order valence-corrected chi connectivity index (χ4v) is 2.75. The number of aryl methyl sites for hydroxylation is 1. The Morgan fingerprint density at radius 1 is 1.26 bits per heavy atom. The normalized spacial score (nSPS) is 10.4. The molecule has 1 aromatic heterocycles. The van der Waals surface area contributed by atoms with E-state index in [4.69, 9.17) is 0 Å². The molecular formula is C15H17NO2S. The average molecular weight is 275 g/mol. The molecular weight excluding hydrogens is 258 g/mol. The van der Waals surface area contributed by atoms with Crippen LogP contribution in [0.1, 0.15) is 16.0 Å². The van der Waals surface area contributed by atoms with Crippen molar-refractivity contribution in [1.29, 1.82) is 0 Å². The summed E-state index contributed by atoms with van der Waals surface area (Å²) >= 11 is 1.68. The average Bonchev–Trinajstić information content (AvgIpc) is 2.78. The molecule has 100 valence electrons. The number of aromatic hydroxyl groups is 1. The Bertz CT molecular complexity index is 560. The van der Waals surface area contributed by atoms with Crippen molar-refractivity contribution in [2.45, 2.75) is 19.9 Å². The number of phenolic OH excluding ortho intramolecular Hbond substituents is 1. The molecule has 2 aromatic rings. The first-order valence-electron chi connectivity index (χ1n) is 6.11. The third kappa shape index (κ3) is 3.58. The minimum absolute atomic E-state index is 0.0819. The first-order chi connectivity index (χ1) is 9.06. The molecule has 19 heavy (non-hydrogen) atoms. The van der Waals surface area contributed by atoms with E-state index in [9.17, 15) is 9.90 Å². The summed E-state index contributed by atoms with van der Waals surface area (Å²) in [4.78, 5) is 15.1. The van der Waals surface area contributed by atoms with Gasteiger partial charge in [0.25, 0.3) is 0 Å². The van der Waals surface area contributed by atoms with Crippen molar-refractivity contribution in [2.24, 2.45) is 0 Å². The van der Waals surface area contributed by atoms with Crippen LogP contribution in [0, 0.1) is 6.92 Å². The van der Waals surface area contributed by atoms with Crippen molar-refractivity contribution in [2.75, 3.05) is 7.05 Å². The molecule has 3 nitrogen and oxygen atoms in total. The Morgan fingerprint density at radius 3 is 2.53 bits per heavy atom. The van der Waals surface area contributed by atoms with Crippen LogP contribution in [-0.4, -0.2) is 23.0 Å². The standard InChI is InChI=1S/C15H17NO2S/c1-11-7-8-19-14(11)10-16(2)15(18)9-12-3-5-13(17)6-4-12/h3-8,17H,9-10H2,1-2H3. The Kier molecular flexibility index (Phi) is 4.22. The lowest BCUT2D eigenvalue weighted by Crippen LogP contribution is -2.27. The number of carbonyl (C=O) groups is 1. The number of hydrogen-bond donors (Lipinski definition) is 1. The van der Waals surface area contributed by atoms with Gasteiger partial charge in [0.2, 0.25) is 5.91 Å². The van der Waals surface area contributed by atoms with E-state index in [0.717, 1.165) is 5.56 Å². The minimum Gasteiger partial charge on any atom is -0.508 e. The number of nitrogens with zero attached hydrogens (tertiary/aromatic N) is 1. The quantitative estimate of drug-likeness (QED) is 0.932. The molecule has 1 amide bonds. The molecule has 1 N–H and O–H groups in total. The molecule has 0 fully saturated rings. The highest BCUT2D eigenvalue weighted by molar-refractivity contribution is 7.10. The van der Waals surface area contributed by atoms with Crippen LogP contribution >= 0.6 is 11.3 Å². The maximum absolute atomic E-state index is 12.1. The molecule has 0 saturated heterocycles. The Morgan fingerprint density at radius 2 is 1.95 bits per heavy atom. The van der Waals surface area contributed by atoms with Gasteiger partial charge in [-0.2, -0.15) is 0 Å². The van der Waals surface area contributed by atoms with Crippen LogP contribution in [0.25, 0.3) is 0 Å². The van der Waals surface area contributed by atoms with Gasteiger partial charge in [-0.25, -0.2) is 0 Å². The summed E-state index contributed by atoms with van der Waals surface area (Å²) in [6, 6.07) is 8.82. The zero-order valence-electron chi connectivity index (χ0n) is 11.1. The van der Waals surface area contributed by atoms with Crippen LogP contribution in [0.4, 0.5) is 0 Å². The van der Waals surface area contributed by atoms with Crippen LogP contribution in [0.15, 0.2) is 35.7 Å². The summed E-state index contributed by atoms with van der Waals surface area (Å²) in [5.41, 5.74) is 2.15. The maximum Gasteiger partial charge on any atom is 0.227 e. The van der Waals surface area contributed by atoms with Gasteiger partial charge in [0.15, 0.2) is 0 Å². The van der Waals surface area contributed by atoms with Gasteiger partial charge in [0, 0.05) is 11.9 Å². The molecule has 0 aliphatic heterocycles. The number of amides is 1. The van der Waals surface area contributed by atoms with Crippen LogP contribution in [0.2, 0.25) is 0 Å². The van der Waals surface area contributed by atoms with Gasteiger partial charge in [0.05, 0.1) is 13.0 Å². The number of hydrogen-bond acceptors (Lipinski definition) is 3. The number of likely N-dealkylation sites (N-methyl/N-ethyl adjacent to an activating group) is 1. The highest BCUT2D eigenvalue weighted by Gasteiger charge is 2.12. The number of carbonyl (C=O) groups excluding carboxylic acids is 1. The molecule has 0 atom stereocenters. The van der Waals surface area contributed by atoms with Crippen molar-refractivity contribution in [1.82, 2.24) is 4.90 Å². The van der Waals surface area contributed by atoms with E-state index in [-0.39, 0.29) is 11.7 Å². The molecule has 2 rings (SSSR count). The van der Waals surface area contributed by atoms with Crippen molar-refractivity contribution in [3.63, 3.8) is 0 Å². The lowest BCUT2D eigenvalue weighted by molar-refractivity contribution is -0.129. The predicted octanol–water partition coefficient (Wildman–Crippen LogP) is 2.96. The third-order valence-corrected chi connectivity index (χ3v) is 4.07. The predicted molar refractivity (Wildman–Crippen MR) is 77.3 cm³/mol. The Labute approximate surface area is 117 Å². The number of phenols is 1. The van der Waals surface area contributed by atoms with E-state index >= 15 is 0 Å². The SMILES string of the molecule is Cc1ccsc1CN(C)C(=O)Cc1ccc(O)cc1. The zero-order chi connectivity index (χ0) is 13.8. The van der Waals surface area contributed by atoms with Gasteiger partial charge in [-0.1, -0.05) is 12.1 Å². The van der Waals surface area contributed by atoms with Gasteiger partial charge in [-0.05, 0) is 41.6 Å². The van der Waals surface area contributed by atoms with Crippen LogP contribution in [0.5, 0.6) is 5.75 Å². The summed E-state index contributed by atoms with van der Waals surface area (Å²) in [6.07, 6.45) is 0.362. The summed E-state index contributed by atoms with van der Waals surface area (Å²) in [6.45, 7) is 2.71. The van der Waals surface area contributed by atoms with Crippen LogP contribution in [0.3, 0.4) is 0 Å². The van der Waals surface area contributed by atoms with Crippen LogP contribution in [-0.2, 0) is 17.8 Å². The summed E-state index contributed by atoms with van der Waals surface area (Å²) in [7, 11) is 1.82. The number of benzene rings is 1. The van der Waals surface area contributed by atoms with E-state index in [1.165, 1.54) is 10.4 Å². The van der Waals surface area contributed by atoms with E-state index in [2.05, 4.69) is 13.0 Å². The molecule has 0 aliphatic carbocycles. The second-order valence-corrected chi connectivity index (χ2v) is 5.62. The lowest BCUT2D eigenvalue weighted by atomic mass is 10.1. The zero-order valence-corrected chi connectivity index (χ0v) is 11.9. The molecule has 0 aliphatic rings. The number of thiophene rings is 1. The molecule has 0 radical (unpaired) electrons. The molecule has 0 unspecified atom stereocenters. The molecule has 1 aromatic carbocycles. The first-order valence-corrected chi connectivity index (χ1v) is 6.99. The van der Waals surface area contributed by atoms with Crippen molar-refractivity contribution in [3.05, 3.63) is 51.7 Å². The van der Waals surface area contributed by atoms with Crippen molar-refractivity contribution < 1.29 is 9.90 Å². The van der Waals surface area contributed by atoms with Gasteiger partial charge >= 0.3 is 0 Å². The number of rotatable bonds is 4. The van der Waals surface area contributed by atoms with E-state index < -0.39 is 0 Å². The van der Waals surface area contributed by atoms with Gasteiger partial charge in [-0.3, -0.25) is 4.79 Å². The fraction of sp³-hybridized carbons (Fsp3) is 0.267. The molecule has 0 saturated carbocycles. The highest BCUT2D eigenvalue weighted by atomic mass is 32.1. The monoisotopic (exact) mass is 275 g/mol. The van der Waals surface area contributed by atoms with Gasteiger partial charge in [-0.15, -0.1) is 11.3 Å². The maximum atomic E-state index is 12.1. The summed E-state index contributed by atoms with van der Waals surface area (Å²) < 4.78 is 0. The summed E-state index contributed by atoms with van der Waals surface area (Å²) in [5.74, 6) is 0.303. The molecule has 1 heterocycles. The van der Waals surface area contributed by atoms with E-state index in [1.54, 1.807) is 40.5 Å². The Hall–Kier alpha value is -1.81. The highest BCUT2D eigenvalue weighted by Crippen LogP contribution is 2.18. The van der Waals surface area contributed by atoms with E-state index in [1.807, 2.05) is 12.4 Å². The fourth-order valence-electron chi connectivity index (χ4n) is 1.79. The van der Waals surface area contributed by atoms with Gasteiger partial charge in [0.1, 0.15) is 5.75 Å². The molecule has 0 bridgehead atoms. The van der Waals surface area contributed by atoms with Gasteiger partial charge < -0.3 is 10.0 Å². The van der Waals surface area contributed by atoms with Crippen LogP contribution < -0.4 is 0 Å². The van der Waals surface area contributed by atoms with Crippen molar-refractivity contribution in [3.8, 4) is 5.75 Å². The molecule has 4 heteroatoms. The van der Waals surface area contributed by atoms with Crippen molar-refractivity contribution >= 4 is 17.2 Å². The Balaban J connectivity index is 1.96. The smallest absolute Gasteiger partial charge is 0.227 e. The first kappa shape index (κ1) is 13.6. The topological polar surface area (TPSA) is 40.5 Å². The minimum atomic E-state index is 0.0819. The third-order valence-electron chi connectivity index (χ3n) is 3.07. The second kappa shape index (κ2) is 5.89. The van der Waals surface area contributed by atoms with E-state index in [0.29, 0.717) is 13.0 Å². The molecule has 0 spiro atoms. The largest absolute Gasteiger partial charge is 0.508 e. The second-order valence-electron chi connectivity index (χ2n) is 4.62.